The van der Waals surface area contributed by atoms with Crippen molar-refractivity contribution in [3.05, 3.63) is 0 Å². The molecule has 3 nitrogen and oxygen atoms in total. The molecule has 1 aliphatic rings. The van der Waals surface area contributed by atoms with E-state index in [1.54, 1.807) is 0 Å². The molecule has 0 aromatic heterocycles. The number of piperidine rings is 1. The maximum atomic E-state index is 11.5. The lowest BCUT2D eigenvalue weighted by Gasteiger charge is -2.31. The van der Waals surface area contributed by atoms with Gasteiger partial charge in [0.1, 0.15) is 0 Å². The van der Waals surface area contributed by atoms with Crippen LogP contribution in [-0.2, 0) is 4.79 Å². The fraction of sp³-hybridized carbons (Fsp3) is 0.889. The summed E-state index contributed by atoms with van der Waals surface area (Å²) in [6.45, 7) is 5.51. The maximum absolute atomic E-state index is 11.5. The minimum Gasteiger partial charge on any atom is -0.341 e. The third-order valence-electron chi connectivity index (χ3n) is 2.26. The Morgan fingerprint density at radius 3 is 2.75 bits per heavy atom. The fourth-order valence-corrected chi connectivity index (χ4v) is 1.58. The highest BCUT2D eigenvalue weighted by Gasteiger charge is 2.22. The van der Waals surface area contributed by atoms with Gasteiger partial charge < -0.3 is 10.6 Å². The lowest BCUT2D eigenvalue weighted by atomic mass is 10.0. The smallest absolute Gasteiger partial charge is 0.225 e. The van der Waals surface area contributed by atoms with Gasteiger partial charge in [0.15, 0.2) is 0 Å². The summed E-state index contributed by atoms with van der Waals surface area (Å²) < 4.78 is 0. The van der Waals surface area contributed by atoms with Gasteiger partial charge >= 0.3 is 0 Å². The first kappa shape index (κ1) is 9.52. The summed E-state index contributed by atoms with van der Waals surface area (Å²) in [5.41, 5.74) is 5.77. The van der Waals surface area contributed by atoms with Gasteiger partial charge in [0.05, 0.1) is 0 Å². The zero-order valence-corrected chi connectivity index (χ0v) is 7.92. The van der Waals surface area contributed by atoms with E-state index in [0.717, 1.165) is 25.9 Å². The van der Waals surface area contributed by atoms with Crippen LogP contribution >= 0.6 is 0 Å². The van der Waals surface area contributed by atoms with Crippen LogP contribution in [0.2, 0.25) is 0 Å². The normalized spacial score (nSPS) is 24.7. The van der Waals surface area contributed by atoms with Crippen LogP contribution in [0.1, 0.15) is 26.7 Å². The van der Waals surface area contributed by atoms with Crippen LogP contribution in [0.15, 0.2) is 0 Å². The molecular formula is C9H18N2O. The summed E-state index contributed by atoms with van der Waals surface area (Å²) >= 11 is 0. The number of amides is 1. The maximum Gasteiger partial charge on any atom is 0.225 e. The van der Waals surface area contributed by atoms with E-state index in [4.69, 9.17) is 5.73 Å². The van der Waals surface area contributed by atoms with E-state index in [0.29, 0.717) is 0 Å². The second-order valence-corrected chi connectivity index (χ2v) is 3.84. The molecule has 1 amide bonds. The second-order valence-electron chi connectivity index (χ2n) is 3.84. The summed E-state index contributed by atoms with van der Waals surface area (Å²) in [6.07, 6.45) is 2.11. The largest absolute Gasteiger partial charge is 0.341 e. The summed E-state index contributed by atoms with van der Waals surface area (Å²) in [7, 11) is 0. The van der Waals surface area contributed by atoms with Gasteiger partial charge in [-0.05, 0) is 12.8 Å². The molecule has 2 N–H and O–H groups in total. The van der Waals surface area contributed by atoms with E-state index in [9.17, 15) is 4.79 Å². The van der Waals surface area contributed by atoms with Crippen molar-refractivity contribution in [2.75, 3.05) is 13.1 Å². The summed E-state index contributed by atoms with van der Waals surface area (Å²) in [5.74, 6) is 0.348. The Labute approximate surface area is 73.9 Å². The van der Waals surface area contributed by atoms with Crippen molar-refractivity contribution in [1.29, 1.82) is 0 Å². The Morgan fingerprint density at radius 1 is 1.58 bits per heavy atom. The van der Waals surface area contributed by atoms with Crippen molar-refractivity contribution in [1.82, 2.24) is 4.90 Å². The van der Waals surface area contributed by atoms with Crippen molar-refractivity contribution >= 4 is 5.91 Å². The van der Waals surface area contributed by atoms with E-state index in [1.807, 2.05) is 18.7 Å². The van der Waals surface area contributed by atoms with E-state index < -0.39 is 0 Å². The molecule has 0 radical (unpaired) electrons. The molecule has 0 aliphatic carbocycles. The third-order valence-corrected chi connectivity index (χ3v) is 2.26. The van der Waals surface area contributed by atoms with Gasteiger partial charge in [-0.3, -0.25) is 4.79 Å². The molecular weight excluding hydrogens is 152 g/mol. The molecule has 70 valence electrons. The van der Waals surface area contributed by atoms with Gasteiger partial charge in [-0.15, -0.1) is 0 Å². The summed E-state index contributed by atoms with van der Waals surface area (Å²) in [5, 5.41) is 0. The topological polar surface area (TPSA) is 46.3 Å². The lowest BCUT2D eigenvalue weighted by molar-refractivity contribution is -0.135. The van der Waals surface area contributed by atoms with E-state index in [2.05, 4.69) is 0 Å². The minimum absolute atomic E-state index is 0.107. The number of carbonyl (C=O) groups excluding carboxylic acids is 1. The van der Waals surface area contributed by atoms with Crippen LogP contribution in [0.25, 0.3) is 0 Å². The Hall–Kier alpha value is -0.570. The predicted molar refractivity (Wildman–Crippen MR) is 48.6 cm³/mol. The number of nitrogens with zero attached hydrogens (tertiary/aromatic N) is 1. The summed E-state index contributed by atoms with van der Waals surface area (Å²) in [4.78, 5) is 13.4. The number of hydrogen-bond donors (Lipinski definition) is 1. The molecule has 1 aliphatic heterocycles. The Bertz CT molecular complexity index is 168. The SMILES string of the molecule is CC(C)C(=O)N1CCC[C@H](N)C1. The minimum atomic E-state index is 0.107. The lowest BCUT2D eigenvalue weighted by Crippen LogP contribution is -2.47. The standard InChI is InChI=1S/C9H18N2O/c1-7(2)9(12)11-5-3-4-8(10)6-11/h7-8H,3-6,10H2,1-2H3/t8-/m0/s1. The molecule has 1 atom stereocenters. The van der Waals surface area contributed by atoms with Crippen molar-refractivity contribution in [2.24, 2.45) is 11.7 Å². The zero-order chi connectivity index (χ0) is 9.14. The first-order valence-electron chi connectivity index (χ1n) is 4.65. The average Bonchev–Trinajstić information content (AvgIpc) is 2.03. The Morgan fingerprint density at radius 2 is 2.25 bits per heavy atom. The molecule has 0 aromatic rings. The quantitative estimate of drug-likeness (QED) is 0.626. The molecule has 0 aromatic carbocycles. The molecule has 0 spiro atoms. The van der Waals surface area contributed by atoms with Crippen molar-refractivity contribution in [3.63, 3.8) is 0 Å². The molecule has 1 heterocycles. The van der Waals surface area contributed by atoms with Crippen LogP contribution in [0.4, 0.5) is 0 Å². The highest BCUT2D eigenvalue weighted by molar-refractivity contribution is 5.78. The highest BCUT2D eigenvalue weighted by Crippen LogP contribution is 2.11. The number of likely N-dealkylation sites (tertiary alicyclic amines) is 1. The van der Waals surface area contributed by atoms with Crippen LogP contribution in [0.3, 0.4) is 0 Å². The highest BCUT2D eigenvalue weighted by atomic mass is 16.2. The summed E-state index contributed by atoms with van der Waals surface area (Å²) in [6, 6.07) is 0.196. The third kappa shape index (κ3) is 2.21. The van der Waals surface area contributed by atoms with Crippen LogP contribution in [-0.4, -0.2) is 29.9 Å². The molecule has 1 saturated heterocycles. The van der Waals surface area contributed by atoms with Crippen molar-refractivity contribution in [3.8, 4) is 0 Å². The van der Waals surface area contributed by atoms with Crippen molar-refractivity contribution in [2.45, 2.75) is 32.7 Å². The first-order chi connectivity index (χ1) is 5.61. The Balaban J connectivity index is 2.46. The average molecular weight is 170 g/mol. The molecule has 1 fully saturated rings. The zero-order valence-electron chi connectivity index (χ0n) is 7.92. The van der Waals surface area contributed by atoms with Crippen LogP contribution in [0.5, 0.6) is 0 Å². The van der Waals surface area contributed by atoms with E-state index in [-0.39, 0.29) is 17.9 Å². The molecule has 0 unspecified atom stereocenters. The number of nitrogens with two attached hydrogens (primary N) is 1. The molecule has 12 heavy (non-hydrogen) atoms. The van der Waals surface area contributed by atoms with Gasteiger partial charge in [-0.25, -0.2) is 0 Å². The van der Waals surface area contributed by atoms with Gasteiger partial charge in [-0.2, -0.15) is 0 Å². The van der Waals surface area contributed by atoms with Crippen LogP contribution in [0, 0.1) is 5.92 Å². The monoisotopic (exact) mass is 170 g/mol. The molecule has 3 heteroatoms. The fourth-order valence-electron chi connectivity index (χ4n) is 1.58. The van der Waals surface area contributed by atoms with Gasteiger partial charge in [0, 0.05) is 25.0 Å². The van der Waals surface area contributed by atoms with Gasteiger partial charge in [0.25, 0.3) is 0 Å². The first-order valence-corrected chi connectivity index (χ1v) is 4.65. The van der Waals surface area contributed by atoms with Gasteiger partial charge in [0.2, 0.25) is 5.91 Å². The number of hydrogen-bond acceptors (Lipinski definition) is 2. The second kappa shape index (κ2) is 3.90. The molecule has 0 bridgehead atoms. The number of carbonyl (C=O) groups is 1. The van der Waals surface area contributed by atoms with Crippen LogP contribution < -0.4 is 5.73 Å². The number of rotatable bonds is 1. The predicted octanol–water partition coefficient (Wildman–Crippen LogP) is 0.592. The van der Waals surface area contributed by atoms with Crippen molar-refractivity contribution < 1.29 is 4.79 Å². The van der Waals surface area contributed by atoms with E-state index >= 15 is 0 Å². The molecule has 0 saturated carbocycles. The van der Waals surface area contributed by atoms with Gasteiger partial charge in [-0.1, -0.05) is 13.8 Å². The molecule has 1 rings (SSSR count). The van der Waals surface area contributed by atoms with E-state index in [1.165, 1.54) is 0 Å². The Kier molecular flexibility index (Phi) is 3.09.